The van der Waals surface area contributed by atoms with E-state index in [2.05, 4.69) is 26.3 Å². The van der Waals surface area contributed by atoms with E-state index in [0.29, 0.717) is 12.8 Å². The third-order valence-corrected chi connectivity index (χ3v) is 6.09. The number of carboxylic acid groups (broad SMARTS) is 2. The van der Waals surface area contributed by atoms with Crippen molar-refractivity contribution < 1.29 is 48.9 Å². The molecule has 0 bridgehead atoms. The van der Waals surface area contributed by atoms with Gasteiger partial charge < -0.3 is 58.7 Å². The molecule has 0 unspecified atom stereocenters. The molecule has 19 nitrogen and oxygen atoms in total. The Balaban J connectivity index is 2.50. The Labute approximate surface area is 240 Å². The minimum absolute atomic E-state index is 0.0317. The minimum Gasteiger partial charge on any atom is -0.481 e. The Morgan fingerprint density at radius 3 is 2.19 bits per heavy atom. The zero-order valence-corrected chi connectivity index (χ0v) is 22.9. The molecule has 0 saturated carbocycles. The maximum atomic E-state index is 12.6. The van der Waals surface area contributed by atoms with Gasteiger partial charge in [-0.2, -0.15) is 0 Å². The van der Waals surface area contributed by atoms with Gasteiger partial charge in [0.05, 0.1) is 25.7 Å². The summed E-state index contributed by atoms with van der Waals surface area (Å²) in [5, 5.41) is 36.5. The average molecular weight is 602 g/mol. The molecule has 13 N–H and O–H groups in total. The van der Waals surface area contributed by atoms with Crippen molar-refractivity contribution in [3.05, 3.63) is 0 Å². The van der Waals surface area contributed by atoms with Crippen LogP contribution in [0.4, 0.5) is 0 Å². The van der Waals surface area contributed by atoms with Crippen LogP contribution in [0.3, 0.4) is 0 Å². The van der Waals surface area contributed by atoms with Gasteiger partial charge in [-0.15, -0.1) is 0 Å². The van der Waals surface area contributed by atoms with Crippen LogP contribution in [0.15, 0.2) is 4.99 Å². The molecule has 0 radical (unpaired) electrons. The average Bonchev–Trinajstić information content (AvgIpc) is 3.43. The molecule has 19 heteroatoms. The first kappa shape index (κ1) is 35.5. The molecular weight excluding hydrogens is 562 g/mol. The molecule has 1 saturated heterocycles. The van der Waals surface area contributed by atoms with E-state index in [1.54, 1.807) is 0 Å². The Morgan fingerprint density at radius 1 is 0.929 bits per heavy atom. The largest absolute Gasteiger partial charge is 0.481 e. The number of amides is 5. The van der Waals surface area contributed by atoms with Crippen molar-refractivity contribution in [1.82, 2.24) is 26.2 Å². The first-order chi connectivity index (χ1) is 19.8. The second-order valence-corrected chi connectivity index (χ2v) is 9.37. The Hall–Kier alpha value is -4.52. The van der Waals surface area contributed by atoms with Crippen LogP contribution < -0.4 is 38.5 Å². The van der Waals surface area contributed by atoms with E-state index < -0.39 is 85.3 Å². The summed E-state index contributed by atoms with van der Waals surface area (Å²) in [5.74, 6) is -6.47. The molecule has 0 aromatic carbocycles. The zero-order chi connectivity index (χ0) is 31.8. The van der Waals surface area contributed by atoms with E-state index in [0.717, 1.165) is 0 Å². The summed E-state index contributed by atoms with van der Waals surface area (Å²) >= 11 is 0. The number of rotatable bonds is 18. The molecule has 0 aliphatic carbocycles. The lowest BCUT2D eigenvalue weighted by Gasteiger charge is -2.26. The van der Waals surface area contributed by atoms with Crippen molar-refractivity contribution in [3.63, 3.8) is 0 Å². The summed E-state index contributed by atoms with van der Waals surface area (Å²) in [6.45, 7) is -1.67. The summed E-state index contributed by atoms with van der Waals surface area (Å²) in [7, 11) is 0. The molecular formula is C23H39N9O10. The number of likely N-dealkylation sites (tertiary alicyclic amines) is 1. The number of aliphatic hydroxyl groups excluding tert-OH is 1. The van der Waals surface area contributed by atoms with Crippen LogP contribution in [-0.4, -0.2) is 125 Å². The van der Waals surface area contributed by atoms with Gasteiger partial charge in [-0.25, -0.2) is 4.79 Å². The van der Waals surface area contributed by atoms with Gasteiger partial charge in [0.1, 0.15) is 18.1 Å². The quantitative estimate of drug-likeness (QED) is 0.0398. The fraction of sp³-hybridized carbons (Fsp3) is 0.652. The highest BCUT2D eigenvalue weighted by Gasteiger charge is 2.36. The van der Waals surface area contributed by atoms with Crippen molar-refractivity contribution in [2.45, 2.75) is 62.7 Å². The lowest BCUT2D eigenvalue weighted by atomic mass is 10.1. The monoisotopic (exact) mass is 601 g/mol. The number of carbonyl (C=O) groups is 7. The zero-order valence-electron chi connectivity index (χ0n) is 22.9. The molecule has 1 aliphatic rings. The Morgan fingerprint density at radius 2 is 1.60 bits per heavy atom. The van der Waals surface area contributed by atoms with E-state index in [-0.39, 0.29) is 44.7 Å². The third-order valence-electron chi connectivity index (χ3n) is 6.09. The molecule has 1 rings (SSSR count). The number of aliphatic hydroxyl groups is 1. The van der Waals surface area contributed by atoms with Gasteiger partial charge in [-0.05, 0) is 32.1 Å². The fourth-order valence-electron chi connectivity index (χ4n) is 3.92. The number of nitrogens with two attached hydrogens (primary N) is 3. The Kier molecular flexibility index (Phi) is 15.2. The molecule has 1 fully saturated rings. The van der Waals surface area contributed by atoms with Crippen LogP contribution in [0.1, 0.15) is 38.5 Å². The highest BCUT2D eigenvalue weighted by Crippen LogP contribution is 2.19. The fourth-order valence-corrected chi connectivity index (χ4v) is 3.92. The van der Waals surface area contributed by atoms with Gasteiger partial charge in [0.2, 0.25) is 29.5 Å². The summed E-state index contributed by atoms with van der Waals surface area (Å²) in [6, 6.07) is -4.84. The van der Waals surface area contributed by atoms with E-state index >= 15 is 0 Å². The lowest BCUT2D eigenvalue weighted by Crippen LogP contribution is -2.55. The van der Waals surface area contributed by atoms with Crippen molar-refractivity contribution in [2.75, 3.05) is 32.8 Å². The number of guanidine groups is 1. The first-order valence-electron chi connectivity index (χ1n) is 13.1. The minimum atomic E-state index is -1.51. The highest BCUT2D eigenvalue weighted by atomic mass is 16.4. The Bertz CT molecular complexity index is 1030. The number of hydrogen-bond acceptors (Lipinski definition) is 10. The number of nitrogens with zero attached hydrogens (tertiary/aromatic N) is 2. The molecule has 1 heterocycles. The van der Waals surface area contributed by atoms with Crippen LogP contribution in [0.5, 0.6) is 0 Å². The van der Waals surface area contributed by atoms with E-state index in [9.17, 15) is 43.8 Å². The van der Waals surface area contributed by atoms with Crippen LogP contribution >= 0.6 is 0 Å². The molecule has 42 heavy (non-hydrogen) atoms. The van der Waals surface area contributed by atoms with Gasteiger partial charge in [0, 0.05) is 19.5 Å². The van der Waals surface area contributed by atoms with E-state index in [1.807, 2.05) is 0 Å². The van der Waals surface area contributed by atoms with Crippen LogP contribution in [0.25, 0.3) is 0 Å². The predicted molar refractivity (Wildman–Crippen MR) is 144 cm³/mol. The summed E-state index contributed by atoms with van der Waals surface area (Å²) < 4.78 is 0. The molecule has 0 aromatic heterocycles. The third kappa shape index (κ3) is 12.8. The SMILES string of the molecule is NC(N)=NCCC[C@H](NC(=O)[C@H](CO)NC(=O)CNC(=O)CNC(=O)[C@@H]1CCCN1C(=O)[C@@H](N)CCC(=O)O)C(=O)O. The van der Waals surface area contributed by atoms with Crippen molar-refractivity contribution in [3.8, 4) is 0 Å². The van der Waals surface area contributed by atoms with Crippen LogP contribution in [-0.2, 0) is 33.6 Å². The highest BCUT2D eigenvalue weighted by molar-refractivity contribution is 5.94. The second-order valence-electron chi connectivity index (χ2n) is 9.37. The second kappa shape index (κ2) is 18.0. The molecule has 0 aromatic rings. The van der Waals surface area contributed by atoms with E-state index in [4.69, 9.17) is 22.3 Å². The standard InChI is InChI=1S/C23H39N9O10/c24-12(5-6-18(36)37)21(40)32-8-2-4-15(32)20(39)29-9-16(34)28-10-17(35)30-14(11-33)19(38)31-13(22(41)42)3-1-7-27-23(25)26/h12-15,33H,1-11,24H2,(H,28,34)(H,29,39)(H,30,35)(H,31,38)(H,36,37)(H,41,42)(H4,25,26,27)/t12-,13-,14-,15-/m0/s1. The van der Waals surface area contributed by atoms with Gasteiger partial charge in [-0.3, -0.25) is 33.8 Å². The number of carbonyl (C=O) groups excluding carboxylic acids is 5. The van der Waals surface area contributed by atoms with Crippen LogP contribution in [0, 0.1) is 0 Å². The smallest absolute Gasteiger partial charge is 0.326 e. The summed E-state index contributed by atoms with van der Waals surface area (Å²) in [5.41, 5.74) is 16.1. The molecule has 236 valence electrons. The number of carboxylic acids is 2. The molecule has 5 amide bonds. The van der Waals surface area contributed by atoms with Crippen LogP contribution in [0.2, 0.25) is 0 Å². The van der Waals surface area contributed by atoms with Gasteiger partial charge in [0.25, 0.3) is 0 Å². The number of nitrogens with one attached hydrogen (secondary N) is 4. The summed E-state index contributed by atoms with van der Waals surface area (Å²) in [6.07, 6.45) is 0.617. The maximum absolute atomic E-state index is 12.6. The maximum Gasteiger partial charge on any atom is 0.326 e. The van der Waals surface area contributed by atoms with Crippen molar-refractivity contribution in [2.24, 2.45) is 22.2 Å². The number of aliphatic imine (C=N–C) groups is 1. The molecule has 0 spiro atoms. The lowest BCUT2D eigenvalue weighted by molar-refractivity contribution is -0.142. The van der Waals surface area contributed by atoms with Gasteiger partial charge in [0.15, 0.2) is 5.96 Å². The van der Waals surface area contributed by atoms with Crippen molar-refractivity contribution in [1.29, 1.82) is 0 Å². The van der Waals surface area contributed by atoms with Gasteiger partial charge >= 0.3 is 11.9 Å². The molecule has 1 aliphatic heterocycles. The number of aliphatic carboxylic acids is 2. The van der Waals surface area contributed by atoms with Crippen molar-refractivity contribution >= 4 is 47.4 Å². The summed E-state index contributed by atoms with van der Waals surface area (Å²) in [4.78, 5) is 88.9. The van der Waals surface area contributed by atoms with E-state index in [1.165, 1.54) is 4.90 Å². The number of hydrogen-bond donors (Lipinski definition) is 10. The first-order valence-corrected chi connectivity index (χ1v) is 13.1. The normalized spacial score (nSPS) is 16.3. The van der Waals surface area contributed by atoms with Gasteiger partial charge in [-0.1, -0.05) is 0 Å². The molecule has 4 atom stereocenters. The predicted octanol–water partition coefficient (Wildman–Crippen LogP) is -5.50. The topological polar surface area (TPSA) is 322 Å².